The molecule has 0 aromatic heterocycles. The third-order valence-corrected chi connectivity index (χ3v) is 1.87. The molecule has 48 valence electrons. The highest BCUT2D eigenvalue weighted by molar-refractivity contribution is 9.09. The normalized spacial score (nSPS) is 25.9. The van der Waals surface area contributed by atoms with Gasteiger partial charge in [-0.15, -0.1) is 0 Å². The third-order valence-electron chi connectivity index (χ3n) is 1.31. The molecule has 1 atom stereocenters. The number of epoxide rings is 1. The smallest absolute Gasteiger partial charge is 0.0810 e. The van der Waals surface area contributed by atoms with E-state index in [0.29, 0.717) is 6.10 Å². The van der Waals surface area contributed by atoms with E-state index >= 15 is 0 Å². The SMILES string of the molecule is BrCCCC[C@H]1CO1. The second-order valence-electron chi connectivity index (χ2n) is 2.14. The zero-order valence-electron chi connectivity index (χ0n) is 4.90. The van der Waals surface area contributed by atoms with Gasteiger partial charge in [0.1, 0.15) is 0 Å². The van der Waals surface area contributed by atoms with Crippen molar-refractivity contribution in [2.24, 2.45) is 0 Å². The topological polar surface area (TPSA) is 12.5 Å². The monoisotopic (exact) mass is 178 g/mol. The molecule has 0 aliphatic carbocycles. The number of halogens is 1. The molecule has 0 N–H and O–H groups in total. The molecule has 2 heteroatoms. The minimum absolute atomic E-state index is 0.633. The van der Waals surface area contributed by atoms with Gasteiger partial charge in [0.05, 0.1) is 12.7 Å². The van der Waals surface area contributed by atoms with Gasteiger partial charge in [0.25, 0.3) is 0 Å². The van der Waals surface area contributed by atoms with Crippen LogP contribution in [0.1, 0.15) is 19.3 Å². The lowest BCUT2D eigenvalue weighted by Crippen LogP contribution is -1.84. The lowest BCUT2D eigenvalue weighted by atomic mass is 10.2. The van der Waals surface area contributed by atoms with Crippen LogP contribution < -0.4 is 0 Å². The van der Waals surface area contributed by atoms with Crippen molar-refractivity contribution >= 4 is 15.9 Å². The fraction of sp³-hybridized carbons (Fsp3) is 1.00. The first-order valence-corrected chi connectivity index (χ1v) is 4.23. The van der Waals surface area contributed by atoms with Gasteiger partial charge in [-0.25, -0.2) is 0 Å². The average molecular weight is 179 g/mol. The fourth-order valence-electron chi connectivity index (χ4n) is 0.701. The molecule has 0 amide bonds. The lowest BCUT2D eigenvalue weighted by molar-refractivity contribution is 0.391. The van der Waals surface area contributed by atoms with Crippen LogP contribution in [0.25, 0.3) is 0 Å². The Morgan fingerprint density at radius 2 is 2.25 bits per heavy atom. The Morgan fingerprint density at radius 3 is 2.75 bits per heavy atom. The van der Waals surface area contributed by atoms with Gasteiger partial charge in [-0.2, -0.15) is 0 Å². The Kier molecular flexibility index (Phi) is 2.84. The molecule has 0 bridgehead atoms. The molecular weight excluding hydrogens is 168 g/mol. The largest absolute Gasteiger partial charge is 0.373 e. The van der Waals surface area contributed by atoms with Crippen LogP contribution in [0.15, 0.2) is 0 Å². The van der Waals surface area contributed by atoms with Crippen molar-refractivity contribution in [3.05, 3.63) is 0 Å². The van der Waals surface area contributed by atoms with Gasteiger partial charge in [-0.05, 0) is 19.3 Å². The molecular formula is C6H11BrO. The summed E-state index contributed by atoms with van der Waals surface area (Å²) in [4.78, 5) is 0. The van der Waals surface area contributed by atoms with E-state index < -0.39 is 0 Å². The van der Waals surface area contributed by atoms with E-state index in [1.165, 1.54) is 19.3 Å². The van der Waals surface area contributed by atoms with E-state index in [2.05, 4.69) is 15.9 Å². The van der Waals surface area contributed by atoms with E-state index in [4.69, 9.17) is 4.74 Å². The quantitative estimate of drug-likeness (QED) is 0.365. The van der Waals surface area contributed by atoms with Crippen molar-refractivity contribution in [1.29, 1.82) is 0 Å². The second kappa shape index (κ2) is 3.46. The zero-order chi connectivity index (χ0) is 5.82. The predicted octanol–water partition coefficient (Wildman–Crippen LogP) is 1.95. The van der Waals surface area contributed by atoms with Crippen LogP contribution >= 0.6 is 15.9 Å². The molecule has 0 unspecified atom stereocenters. The summed E-state index contributed by atoms with van der Waals surface area (Å²) in [7, 11) is 0. The number of alkyl halides is 1. The molecule has 8 heavy (non-hydrogen) atoms. The maximum atomic E-state index is 5.04. The first-order chi connectivity index (χ1) is 3.93. The highest BCUT2D eigenvalue weighted by atomic mass is 79.9. The third kappa shape index (κ3) is 2.68. The number of hydrogen-bond acceptors (Lipinski definition) is 1. The Balaban J connectivity index is 1.74. The summed E-state index contributed by atoms with van der Waals surface area (Å²) in [6.45, 7) is 1.02. The van der Waals surface area contributed by atoms with E-state index in [-0.39, 0.29) is 0 Å². The molecule has 1 heterocycles. The first-order valence-electron chi connectivity index (χ1n) is 3.11. The number of hydrogen-bond donors (Lipinski definition) is 0. The summed E-state index contributed by atoms with van der Waals surface area (Å²) in [6, 6.07) is 0. The predicted molar refractivity (Wildman–Crippen MR) is 37.4 cm³/mol. The van der Waals surface area contributed by atoms with Crippen LogP contribution in [0.2, 0.25) is 0 Å². The summed E-state index contributed by atoms with van der Waals surface area (Å²) in [5.41, 5.74) is 0. The van der Waals surface area contributed by atoms with Crippen LogP contribution in [0, 0.1) is 0 Å². The van der Waals surface area contributed by atoms with Crippen molar-refractivity contribution in [1.82, 2.24) is 0 Å². The molecule has 1 fully saturated rings. The van der Waals surface area contributed by atoms with Gasteiger partial charge < -0.3 is 4.74 Å². The summed E-state index contributed by atoms with van der Waals surface area (Å²) in [5, 5.41) is 1.14. The van der Waals surface area contributed by atoms with Crippen molar-refractivity contribution in [3.8, 4) is 0 Å². The van der Waals surface area contributed by atoms with Gasteiger partial charge in [0.2, 0.25) is 0 Å². The maximum Gasteiger partial charge on any atom is 0.0810 e. The summed E-state index contributed by atoms with van der Waals surface area (Å²) < 4.78 is 5.04. The summed E-state index contributed by atoms with van der Waals surface area (Å²) in [5.74, 6) is 0. The van der Waals surface area contributed by atoms with Crippen LogP contribution in [-0.4, -0.2) is 18.0 Å². The second-order valence-corrected chi connectivity index (χ2v) is 2.93. The first kappa shape index (κ1) is 6.56. The van der Waals surface area contributed by atoms with Gasteiger partial charge >= 0.3 is 0 Å². The molecule has 1 aliphatic rings. The fourth-order valence-corrected chi connectivity index (χ4v) is 1.10. The van der Waals surface area contributed by atoms with Crippen LogP contribution in [0.4, 0.5) is 0 Å². The molecule has 0 spiro atoms. The average Bonchev–Trinajstić information content (AvgIpc) is 2.51. The Morgan fingerprint density at radius 1 is 1.50 bits per heavy atom. The van der Waals surface area contributed by atoms with Crippen molar-refractivity contribution in [2.75, 3.05) is 11.9 Å². The van der Waals surface area contributed by atoms with E-state index in [1.807, 2.05) is 0 Å². The molecule has 0 saturated carbocycles. The van der Waals surface area contributed by atoms with E-state index in [0.717, 1.165) is 11.9 Å². The Labute approximate surface area is 58.5 Å². The molecule has 1 rings (SSSR count). The molecule has 1 aliphatic heterocycles. The standard InChI is InChI=1S/C6H11BrO/c7-4-2-1-3-6-5-8-6/h6H,1-5H2/t6-/m0/s1. The molecule has 0 radical (unpaired) electrons. The van der Waals surface area contributed by atoms with E-state index in [9.17, 15) is 0 Å². The molecule has 0 aromatic rings. The van der Waals surface area contributed by atoms with Gasteiger partial charge in [0.15, 0.2) is 0 Å². The van der Waals surface area contributed by atoms with Gasteiger partial charge in [-0.3, -0.25) is 0 Å². The molecule has 0 aromatic carbocycles. The number of rotatable bonds is 4. The van der Waals surface area contributed by atoms with Crippen LogP contribution in [0.5, 0.6) is 0 Å². The van der Waals surface area contributed by atoms with Crippen LogP contribution in [-0.2, 0) is 4.74 Å². The molecule has 1 nitrogen and oxygen atoms in total. The minimum Gasteiger partial charge on any atom is -0.373 e. The lowest BCUT2D eigenvalue weighted by Gasteiger charge is -1.90. The zero-order valence-corrected chi connectivity index (χ0v) is 6.49. The minimum atomic E-state index is 0.633. The maximum absolute atomic E-state index is 5.04. The number of ether oxygens (including phenoxy) is 1. The van der Waals surface area contributed by atoms with E-state index in [1.54, 1.807) is 0 Å². The Hall–Kier alpha value is 0.440. The summed E-state index contributed by atoms with van der Waals surface area (Å²) >= 11 is 3.38. The van der Waals surface area contributed by atoms with Crippen molar-refractivity contribution in [2.45, 2.75) is 25.4 Å². The number of unbranched alkanes of at least 4 members (excludes halogenated alkanes) is 1. The van der Waals surface area contributed by atoms with Gasteiger partial charge in [-0.1, -0.05) is 15.9 Å². The highest BCUT2D eigenvalue weighted by Gasteiger charge is 2.20. The Bertz CT molecular complexity index is 61.5. The van der Waals surface area contributed by atoms with Gasteiger partial charge in [0, 0.05) is 5.33 Å². The highest BCUT2D eigenvalue weighted by Crippen LogP contribution is 2.16. The summed E-state index contributed by atoms with van der Waals surface area (Å²) in [6.07, 6.45) is 4.51. The van der Waals surface area contributed by atoms with Crippen LogP contribution in [0.3, 0.4) is 0 Å². The van der Waals surface area contributed by atoms with Crippen molar-refractivity contribution < 1.29 is 4.74 Å². The molecule has 1 saturated heterocycles. The van der Waals surface area contributed by atoms with Crippen molar-refractivity contribution in [3.63, 3.8) is 0 Å².